The van der Waals surface area contributed by atoms with Gasteiger partial charge in [-0.15, -0.1) is 0 Å². The highest BCUT2D eigenvalue weighted by Crippen LogP contribution is 2.42. The molecule has 2 fully saturated rings. The Morgan fingerprint density at radius 1 is 0.682 bits per heavy atom. The highest BCUT2D eigenvalue weighted by atomic mass is 127. The number of halogens is 4. The van der Waals surface area contributed by atoms with Gasteiger partial charge in [0.05, 0.1) is 14.1 Å². The van der Waals surface area contributed by atoms with Gasteiger partial charge in [-0.1, -0.05) is 97.5 Å². The van der Waals surface area contributed by atoms with Crippen LogP contribution in [0.3, 0.4) is 0 Å². The van der Waals surface area contributed by atoms with Crippen molar-refractivity contribution in [2.75, 3.05) is 49.2 Å². The molecule has 2 aliphatic rings. The molecular weight excluding hydrogens is 1130 g/mol. The van der Waals surface area contributed by atoms with Crippen LogP contribution in [0, 0.1) is 14.4 Å². The smallest absolute Gasteiger partial charge is 0.164 e. The number of fused-ring (bicyclic) bond motifs is 3. The van der Waals surface area contributed by atoms with Gasteiger partial charge in [-0.25, -0.2) is 19.9 Å². The molecule has 1 aromatic carbocycles. The van der Waals surface area contributed by atoms with E-state index in [0.717, 1.165) is 127 Å². The molecule has 7 heterocycles. The molecule has 8 rings (SSSR count). The van der Waals surface area contributed by atoms with Crippen LogP contribution in [0.25, 0.3) is 44.4 Å². The van der Waals surface area contributed by atoms with Crippen LogP contribution in [-0.2, 0) is 30.0 Å². The Labute approximate surface area is 429 Å². The molecule has 360 valence electrons. The van der Waals surface area contributed by atoms with Crippen molar-refractivity contribution < 1.29 is 9.47 Å². The minimum Gasteiger partial charge on any atom is -0.361 e. The maximum absolute atomic E-state index is 6.95. The molecule has 5 aromatic heterocycles. The van der Waals surface area contributed by atoms with Gasteiger partial charge in [0.1, 0.15) is 33.7 Å². The van der Waals surface area contributed by atoms with E-state index in [9.17, 15) is 0 Å². The minimum atomic E-state index is -1.18. The average Bonchev–Trinajstić information content (AvgIpc) is 3.92. The van der Waals surface area contributed by atoms with Gasteiger partial charge in [-0.2, -0.15) is 5.10 Å². The summed E-state index contributed by atoms with van der Waals surface area (Å²) in [6.45, 7) is 30.2. The molecule has 0 bridgehead atoms. The van der Waals surface area contributed by atoms with E-state index in [1.807, 2.05) is 25.4 Å². The van der Waals surface area contributed by atoms with Crippen LogP contribution >= 0.6 is 66.1 Å². The van der Waals surface area contributed by atoms with Gasteiger partial charge in [0.25, 0.3) is 0 Å². The molecule has 0 aliphatic carbocycles. The standard InChI is InChI=1S/C28H38BrClN6OSi.C20H32BrIN4OSi/c1-7-28(2)10-12-35(13-11-28)27-25(29)31-24-20(19-8-9-22-21(23(19)30)16-34(3)33-22)17-36(26(24)32-27)18-37-14-15-38(4,5)6;1-6-20(2)7-9-25(10-8-20)19-17(21)23-16-15(22)13-26(18(16)24-19)14-27-11-12-28(3,4)5/h8-9,16-17H,7,10-15,18H2,1-6H3;13H,6-12,14H2,1-5H3. The molecule has 18 heteroatoms. The molecule has 0 saturated carbocycles. The fourth-order valence-corrected chi connectivity index (χ4v) is 12.1. The zero-order valence-electron chi connectivity index (χ0n) is 41.0. The zero-order valence-corrected chi connectivity index (χ0v) is 49.1. The Balaban J connectivity index is 0.000000206. The first-order chi connectivity index (χ1) is 31.1. The summed E-state index contributed by atoms with van der Waals surface area (Å²) < 4.78 is 20.8. The highest BCUT2D eigenvalue weighted by Gasteiger charge is 2.32. The van der Waals surface area contributed by atoms with E-state index in [4.69, 9.17) is 41.0 Å². The first kappa shape index (κ1) is 51.7. The molecule has 0 N–H and O–H groups in total. The molecule has 6 aromatic rings. The van der Waals surface area contributed by atoms with Crippen LogP contribution in [0.15, 0.2) is 39.9 Å². The van der Waals surface area contributed by atoms with Crippen LogP contribution in [-0.4, -0.2) is 94.4 Å². The van der Waals surface area contributed by atoms with Crippen LogP contribution in [0.5, 0.6) is 0 Å². The molecule has 12 nitrogen and oxygen atoms in total. The van der Waals surface area contributed by atoms with E-state index >= 15 is 0 Å². The molecule has 2 aliphatic heterocycles. The fraction of sp³-hybridized carbons (Fsp3) is 0.604. The molecule has 0 spiro atoms. The summed E-state index contributed by atoms with van der Waals surface area (Å²) in [6.07, 6.45) is 13.3. The second-order valence-electron chi connectivity index (χ2n) is 21.6. The van der Waals surface area contributed by atoms with E-state index < -0.39 is 16.1 Å². The number of hydrogen-bond donors (Lipinski definition) is 0. The molecule has 0 amide bonds. The normalized spacial score (nSPS) is 16.7. The second kappa shape index (κ2) is 21.1. The Kier molecular flexibility index (Phi) is 16.5. The van der Waals surface area contributed by atoms with Crippen LogP contribution in [0.2, 0.25) is 56.4 Å². The Morgan fingerprint density at radius 2 is 1.15 bits per heavy atom. The van der Waals surface area contributed by atoms with Crippen molar-refractivity contribution in [1.82, 2.24) is 38.9 Å². The predicted molar refractivity (Wildman–Crippen MR) is 296 cm³/mol. The van der Waals surface area contributed by atoms with Crippen LogP contribution < -0.4 is 9.80 Å². The fourth-order valence-electron chi connectivity index (χ4n) is 8.56. The van der Waals surface area contributed by atoms with E-state index in [1.165, 1.54) is 31.7 Å². The van der Waals surface area contributed by atoms with Gasteiger partial charge in [0, 0.05) is 97.7 Å². The molecular formula is C48H70Br2ClIN10O2Si2. The summed E-state index contributed by atoms with van der Waals surface area (Å²) >= 11 is 16.7. The van der Waals surface area contributed by atoms with Crippen molar-refractivity contribution in [2.45, 2.75) is 131 Å². The van der Waals surface area contributed by atoms with Crippen molar-refractivity contribution in [2.24, 2.45) is 17.9 Å². The summed E-state index contributed by atoms with van der Waals surface area (Å²) in [5.41, 5.74) is 7.09. The Hall–Kier alpha value is -2.14. The third-order valence-electron chi connectivity index (χ3n) is 13.9. The summed E-state index contributed by atoms with van der Waals surface area (Å²) in [5, 5.41) is 6.11. The highest BCUT2D eigenvalue weighted by molar-refractivity contribution is 14.1. The second-order valence-corrected chi connectivity index (χ2v) is 35.9. The average molecular weight is 1200 g/mol. The molecule has 2 saturated heterocycles. The predicted octanol–water partition coefficient (Wildman–Crippen LogP) is 13.9. The number of aromatic nitrogens is 8. The van der Waals surface area contributed by atoms with Crippen molar-refractivity contribution in [3.63, 3.8) is 0 Å². The van der Waals surface area contributed by atoms with Crippen LogP contribution in [0.4, 0.5) is 11.6 Å². The first-order valence-corrected chi connectivity index (χ1v) is 34.1. The lowest BCUT2D eigenvalue weighted by Gasteiger charge is -2.39. The SMILES string of the molecule is CCC1(C)CCN(c2nc3c(nc2Br)c(-c2ccc4nn(C)cc4c2Cl)cn3COCC[Si](C)(C)C)CC1.CCC1(C)CCN(c2nc3c(nc2Br)c(I)cn3COCC[Si](C)(C)C)CC1. The molecule has 0 radical (unpaired) electrons. The largest absolute Gasteiger partial charge is 0.361 e. The number of rotatable bonds is 15. The lowest BCUT2D eigenvalue weighted by molar-refractivity contribution is 0.0897. The van der Waals surface area contributed by atoms with Gasteiger partial charge >= 0.3 is 0 Å². The summed E-state index contributed by atoms with van der Waals surface area (Å²) in [6, 6.07) is 6.34. The minimum absolute atomic E-state index is 0.403. The third-order valence-corrected chi connectivity index (χ3v) is 19.6. The Morgan fingerprint density at radius 3 is 1.64 bits per heavy atom. The van der Waals surface area contributed by atoms with Gasteiger partial charge < -0.3 is 28.4 Å². The maximum Gasteiger partial charge on any atom is 0.164 e. The van der Waals surface area contributed by atoms with Crippen LogP contribution in [0.1, 0.15) is 66.2 Å². The van der Waals surface area contributed by atoms with Gasteiger partial charge in [0.2, 0.25) is 0 Å². The zero-order chi connectivity index (χ0) is 47.8. The quantitative estimate of drug-likeness (QED) is 0.0565. The van der Waals surface area contributed by atoms with Gasteiger partial charge in [-0.05, 0) is 109 Å². The number of aryl methyl sites for hydroxylation is 1. The monoisotopic (exact) mass is 1190 g/mol. The lowest BCUT2D eigenvalue weighted by atomic mass is 9.78. The number of nitrogens with zero attached hydrogens (tertiary/aromatic N) is 10. The number of piperidine rings is 2. The van der Waals surface area contributed by atoms with E-state index in [0.29, 0.717) is 29.3 Å². The van der Waals surface area contributed by atoms with Crippen molar-refractivity contribution in [3.8, 4) is 11.1 Å². The van der Waals surface area contributed by atoms with E-state index in [2.05, 4.69) is 158 Å². The van der Waals surface area contributed by atoms with Crippen molar-refractivity contribution in [3.05, 3.63) is 48.5 Å². The third kappa shape index (κ3) is 12.2. The summed E-state index contributed by atoms with van der Waals surface area (Å²) in [4.78, 5) is 24.9. The summed E-state index contributed by atoms with van der Waals surface area (Å²) in [7, 11) is -0.347. The number of benzene rings is 1. The lowest BCUT2D eigenvalue weighted by Crippen LogP contribution is -2.39. The number of anilines is 2. The number of ether oxygens (including phenoxy) is 2. The number of hydrogen-bond acceptors (Lipinski definition) is 9. The molecule has 0 unspecified atom stereocenters. The van der Waals surface area contributed by atoms with Crippen molar-refractivity contribution >= 4 is 127 Å². The maximum atomic E-state index is 6.95. The first-order valence-electron chi connectivity index (χ1n) is 23.7. The van der Waals surface area contributed by atoms with Crippen molar-refractivity contribution in [1.29, 1.82) is 0 Å². The van der Waals surface area contributed by atoms with Gasteiger partial charge in [0.15, 0.2) is 22.9 Å². The topological polar surface area (TPSA) is 104 Å². The molecule has 0 atom stereocenters. The van der Waals surface area contributed by atoms with E-state index in [-0.39, 0.29) is 0 Å². The Bertz CT molecular complexity index is 2640. The molecule has 66 heavy (non-hydrogen) atoms. The van der Waals surface area contributed by atoms with E-state index in [1.54, 1.807) is 4.68 Å². The summed E-state index contributed by atoms with van der Waals surface area (Å²) in [5.74, 6) is 1.86. The van der Waals surface area contributed by atoms with Gasteiger partial charge in [-0.3, -0.25) is 4.68 Å².